The molecule has 20 nitrogen and oxygen atoms in total. The summed E-state index contributed by atoms with van der Waals surface area (Å²) in [6.45, 7) is 7.75. The first-order valence-corrected chi connectivity index (χ1v) is 70.9. The van der Waals surface area contributed by atoms with Gasteiger partial charge in [-0.1, -0.05) is 0 Å². The lowest BCUT2D eigenvalue weighted by atomic mass is 11.8. The summed E-state index contributed by atoms with van der Waals surface area (Å²) in [6.07, 6.45) is 0. The van der Waals surface area contributed by atoms with Crippen molar-refractivity contribution in [2.45, 2.75) is 77.7 Å². The van der Waals surface area contributed by atoms with Gasteiger partial charge in [0, 0.05) is 32.5 Å². The van der Waals surface area contributed by atoms with Gasteiger partial charge in [-0.05, 0) is 72.0 Å². The Morgan fingerprint density at radius 1 is 0.717 bits per heavy atom. The zero-order chi connectivity index (χ0) is 42.2. The van der Waals surface area contributed by atoms with Crippen molar-refractivity contribution in [1.82, 2.24) is 0 Å². The smallest absolute Gasteiger partial charge is 0.338 e. The minimum Gasteiger partial charge on any atom is -0.440 e. The number of hydrogen-bond donors (Lipinski definition) is 9. The molecule has 0 aromatic rings. The summed E-state index contributed by atoms with van der Waals surface area (Å²) >= 11 is 0. The van der Waals surface area contributed by atoms with E-state index in [1.54, 1.807) is 6.55 Å². The van der Waals surface area contributed by atoms with Gasteiger partial charge in [-0.3, -0.25) is 0 Å². The molecule has 9 N–H and O–H groups in total. The lowest BCUT2D eigenvalue weighted by Crippen LogP contribution is -3.06. The van der Waals surface area contributed by atoms with E-state index in [0.29, 0.717) is 0 Å². The minimum absolute atomic E-state index is 0.151. The molecule has 0 spiro atoms. The molecule has 8 unspecified atom stereocenters. The quantitative estimate of drug-likeness (QED) is 0.0483. The van der Waals surface area contributed by atoms with Crippen molar-refractivity contribution in [3.8, 4) is 0 Å². The highest BCUT2D eigenvalue weighted by atomic mass is 30.3. The van der Waals surface area contributed by atoms with Crippen LogP contribution < -0.4 is 0 Å². The molecule has 1 rings (SSSR count). The molecule has 1 heterocycles. The van der Waals surface area contributed by atoms with Crippen LogP contribution in [0.5, 0.6) is 0 Å². The maximum Gasteiger partial charge on any atom is 0.338 e. The van der Waals surface area contributed by atoms with Crippen molar-refractivity contribution in [2.75, 3.05) is 7.11 Å². The van der Waals surface area contributed by atoms with Crippen molar-refractivity contribution in [3.05, 3.63) is 9.93 Å². The Labute approximate surface area is 343 Å². The van der Waals surface area contributed by atoms with Crippen LogP contribution in [0.4, 0.5) is 0 Å². The monoisotopic (exact) mass is 1100 g/mol. The van der Waals surface area contributed by atoms with Crippen molar-refractivity contribution in [2.24, 2.45) is 0 Å². The van der Waals surface area contributed by atoms with E-state index in [9.17, 15) is 43.2 Å². The largest absolute Gasteiger partial charge is 0.440 e. The first-order valence-electron chi connectivity index (χ1n) is 16.9. The molecule has 1 aliphatic heterocycles. The highest BCUT2D eigenvalue weighted by molar-refractivity contribution is 8.12. The van der Waals surface area contributed by atoms with Crippen LogP contribution in [-0.4, -0.2) is 221 Å². The zero-order valence-electron chi connectivity index (χ0n) is 33.3. The summed E-state index contributed by atoms with van der Waals surface area (Å²) < 4.78 is 63.2. The fourth-order valence-electron chi connectivity index (χ4n) is 7.24. The molecule has 0 amide bonds. The molecule has 0 bridgehead atoms. The van der Waals surface area contributed by atoms with Gasteiger partial charge in [0.15, 0.2) is 60.4 Å². The van der Waals surface area contributed by atoms with E-state index >= 15 is 0 Å². The Balaban J connectivity index is 0.0000133. The van der Waals surface area contributed by atoms with E-state index in [-0.39, 0.29) is 15.4 Å². The van der Waals surface area contributed by atoms with E-state index < -0.39 is 161 Å². The second-order valence-electron chi connectivity index (χ2n) is 15.7. The zero-order valence-corrected chi connectivity index (χ0v) is 57.5. The minimum atomic E-state index is -4.96. The summed E-state index contributed by atoms with van der Waals surface area (Å²) in [6, 6.07) is 0. The standard InChI is InChI=1S/C13H66O18Si20.O2/c1-23-46(12,32)51(26-40(2)21)48(49(37-18,38-19)25-34-15,31-47(35-16,36-17)24-33-14)29-44(10,27-42(4,5)6)13-45(11,28-43(7,8)9)30-50(51,39-20)41(3)22;1-2/h14-22,40-41H,13,33-39H2,1-12,32H3;. The molecule has 1 saturated heterocycles. The lowest BCUT2D eigenvalue weighted by Gasteiger charge is -2.67. The van der Waals surface area contributed by atoms with Gasteiger partial charge in [0.2, 0.25) is 25.4 Å². The Morgan fingerprint density at radius 2 is 1.15 bits per heavy atom. The van der Waals surface area contributed by atoms with Crippen LogP contribution >= 0.6 is 0 Å². The van der Waals surface area contributed by atoms with Crippen molar-refractivity contribution < 1.29 is 80.5 Å². The van der Waals surface area contributed by atoms with E-state index in [4.69, 9.17) is 47.3 Å². The van der Waals surface area contributed by atoms with Crippen LogP contribution in [0.25, 0.3) is 0 Å². The SMILES string of the molecule is CO[Si](C)([SiH3])[Si]1(O[SiH](C)O)[Si]([SiH2]O)([SiH](C)O)O[Si](C)(O[Si](C)(C)C)C[Si](C)(O[Si](C)(C)C)O[Si]1(O[Si](O[SiH2]O)([SiH2]O)[SiH2]O)[Si](O[SiH2]O)([SiH2]O)[SiH2]O.O=O. The third kappa shape index (κ3) is 12.4. The first kappa shape index (κ1) is 56.2. The molecule has 1 aliphatic rings. The highest BCUT2D eigenvalue weighted by Gasteiger charge is 2.91. The Bertz CT molecular complexity index is 1120. The molecule has 0 aromatic carbocycles. The topological polar surface area (TPSA) is 299 Å². The van der Waals surface area contributed by atoms with Crippen LogP contribution in [0.2, 0.25) is 77.7 Å². The molecule has 0 radical (unpaired) electrons. The normalized spacial score (nSPS) is 34.9. The third-order valence-corrected chi connectivity index (χ3v) is 208. The molecule has 0 aromatic heterocycles. The van der Waals surface area contributed by atoms with Gasteiger partial charge in [-0.15, -0.1) is 0 Å². The third-order valence-electron chi connectivity index (χ3n) is 8.71. The molecular formula is C13H66O20Si20. The molecular weight excluding hydrogens is 1040 g/mol. The second-order valence-corrected chi connectivity index (χ2v) is 131. The van der Waals surface area contributed by atoms with Crippen molar-refractivity contribution >= 4 is 171 Å². The van der Waals surface area contributed by atoms with Crippen molar-refractivity contribution in [3.63, 3.8) is 0 Å². The van der Waals surface area contributed by atoms with Crippen LogP contribution in [0.1, 0.15) is 0 Å². The van der Waals surface area contributed by atoms with Crippen LogP contribution in [0.15, 0.2) is 0 Å². The van der Waals surface area contributed by atoms with Gasteiger partial charge in [-0.25, -0.2) is 0 Å². The molecule has 0 saturated carbocycles. The Kier molecular flexibility index (Phi) is 23.2. The van der Waals surface area contributed by atoms with E-state index in [1.165, 1.54) is 13.7 Å². The Morgan fingerprint density at radius 3 is 1.45 bits per heavy atom. The number of rotatable bonds is 21. The number of hydrogen-bond acceptors (Lipinski definition) is 20. The van der Waals surface area contributed by atoms with Crippen LogP contribution in [0, 0.1) is 9.93 Å². The maximum absolute atomic E-state index is 12.5. The van der Waals surface area contributed by atoms with Gasteiger partial charge in [0.1, 0.15) is 0 Å². The average molecular weight is 1100 g/mol. The second kappa shape index (κ2) is 21.8. The van der Waals surface area contributed by atoms with Crippen LogP contribution in [0.3, 0.4) is 0 Å². The van der Waals surface area contributed by atoms with Crippen LogP contribution in [-0.2, 0) is 37.3 Å². The molecule has 8 atom stereocenters. The van der Waals surface area contributed by atoms with E-state index in [2.05, 4.69) is 0 Å². The predicted octanol–water partition coefficient (Wildman–Crippen LogP) is -11.2. The van der Waals surface area contributed by atoms with Crippen molar-refractivity contribution in [1.29, 1.82) is 0 Å². The fourth-order valence-corrected chi connectivity index (χ4v) is 357. The summed E-state index contributed by atoms with van der Waals surface area (Å²) in [5.74, 6) is 0. The molecule has 0 aliphatic carbocycles. The first-order chi connectivity index (χ1) is 24.1. The maximum atomic E-state index is 12.5. The van der Waals surface area contributed by atoms with Gasteiger partial charge in [0.25, 0.3) is 33.8 Å². The summed E-state index contributed by atoms with van der Waals surface area (Å²) in [5.41, 5.74) is 0.151. The Hall–Kier alpha value is 3.22. The molecule has 1 fully saturated rings. The summed E-state index contributed by atoms with van der Waals surface area (Å²) in [5, 5.41) is 0. The molecule has 318 valence electrons. The summed E-state index contributed by atoms with van der Waals surface area (Å²) in [4.78, 5) is 117. The molecule has 40 heteroatoms. The highest BCUT2D eigenvalue weighted by Crippen LogP contribution is 2.50. The summed E-state index contributed by atoms with van der Waals surface area (Å²) in [7, 11) is -47.0. The van der Waals surface area contributed by atoms with Gasteiger partial charge in [-0.2, -0.15) is 0 Å². The van der Waals surface area contributed by atoms with E-state index in [0.717, 1.165) is 0 Å². The van der Waals surface area contributed by atoms with Gasteiger partial charge in [0.05, 0.1) is 0 Å². The molecule has 53 heavy (non-hydrogen) atoms. The average Bonchev–Trinajstić information content (AvgIpc) is 3.02. The van der Waals surface area contributed by atoms with Gasteiger partial charge >= 0.3 is 41.6 Å². The van der Waals surface area contributed by atoms with Gasteiger partial charge < -0.3 is 80.5 Å². The fraction of sp³-hybridized carbons (Fsp3) is 1.00. The lowest BCUT2D eigenvalue weighted by molar-refractivity contribution is 0.296. The predicted molar refractivity (Wildman–Crippen MR) is 253 cm³/mol. The van der Waals surface area contributed by atoms with E-state index in [1.807, 2.05) is 58.9 Å².